The van der Waals surface area contributed by atoms with E-state index in [2.05, 4.69) is 31.3 Å². The van der Waals surface area contributed by atoms with E-state index in [4.69, 9.17) is 10.5 Å². The Balaban J connectivity index is 2.32. The maximum absolute atomic E-state index is 11.7. The molecule has 0 saturated heterocycles. The lowest BCUT2D eigenvalue weighted by Crippen LogP contribution is -2.31. The fourth-order valence-electron chi connectivity index (χ4n) is 2.04. The van der Waals surface area contributed by atoms with Crippen molar-refractivity contribution in [3.05, 3.63) is 35.4 Å². The second kappa shape index (κ2) is 9.53. The second-order valence-corrected chi connectivity index (χ2v) is 5.53. The molecular weight excluding hydrogens is 264 g/mol. The average molecular weight is 292 g/mol. The van der Waals surface area contributed by atoms with Crippen molar-refractivity contribution in [3.8, 4) is 0 Å². The molecule has 118 valence electrons. The molecule has 1 unspecified atom stereocenters. The van der Waals surface area contributed by atoms with E-state index in [1.54, 1.807) is 0 Å². The summed E-state index contributed by atoms with van der Waals surface area (Å²) in [6.07, 6.45) is 1.23. The van der Waals surface area contributed by atoms with Gasteiger partial charge < -0.3 is 15.8 Å². The van der Waals surface area contributed by atoms with Gasteiger partial charge in [0.05, 0.1) is 0 Å². The molecule has 0 fully saturated rings. The first-order valence-electron chi connectivity index (χ1n) is 7.74. The van der Waals surface area contributed by atoms with Gasteiger partial charge in [0.25, 0.3) is 0 Å². The number of nitrogens with one attached hydrogen (secondary N) is 1. The molecule has 21 heavy (non-hydrogen) atoms. The lowest BCUT2D eigenvalue weighted by molar-refractivity contribution is -0.121. The van der Waals surface area contributed by atoms with E-state index in [1.807, 2.05) is 19.1 Å². The number of hydrogen-bond donors (Lipinski definition) is 2. The normalized spacial score (nSPS) is 12.4. The molecule has 0 aliphatic rings. The van der Waals surface area contributed by atoms with Crippen LogP contribution >= 0.6 is 0 Å². The molecule has 0 heterocycles. The van der Waals surface area contributed by atoms with Crippen molar-refractivity contribution in [1.82, 2.24) is 5.32 Å². The Morgan fingerprint density at radius 1 is 1.24 bits per heavy atom. The molecule has 0 spiro atoms. The third-order valence-corrected chi connectivity index (χ3v) is 3.45. The molecular formula is C17H28N2O2. The molecule has 1 aromatic carbocycles. The van der Waals surface area contributed by atoms with Gasteiger partial charge in [-0.05, 0) is 30.4 Å². The van der Waals surface area contributed by atoms with Gasteiger partial charge in [-0.3, -0.25) is 4.79 Å². The van der Waals surface area contributed by atoms with Gasteiger partial charge in [0.2, 0.25) is 5.91 Å². The molecule has 1 aromatic rings. The van der Waals surface area contributed by atoms with Crippen LogP contribution in [0.5, 0.6) is 0 Å². The van der Waals surface area contributed by atoms with Crippen LogP contribution < -0.4 is 11.1 Å². The maximum atomic E-state index is 11.7. The van der Waals surface area contributed by atoms with Crippen LogP contribution in [0, 0.1) is 0 Å². The van der Waals surface area contributed by atoms with Gasteiger partial charge in [-0.1, -0.05) is 38.1 Å². The van der Waals surface area contributed by atoms with Gasteiger partial charge in [-0.25, -0.2) is 0 Å². The average Bonchev–Trinajstić information content (AvgIpc) is 2.49. The van der Waals surface area contributed by atoms with Crippen molar-refractivity contribution < 1.29 is 9.53 Å². The summed E-state index contributed by atoms with van der Waals surface area (Å²) in [6, 6.07) is 8.12. The van der Waals surface area contributed by atoms with Crippen LogP contribution in [0.15, 0.2) is 24.3 Å². The highest BCUT2D eigenvalue weighted by Crippen LogP contribution is 2.17. The Morgan fingerprint density at radius 3 is 2.43 bits per heavy atom. The van der Waals surface area contributed by atoms with E-state index in [-0.39, 0.29) is 11.9 Å². The Bertz CT molecular complexity index is 415. The number of rotatable bonds is 9. The Kier molecular flexibility index (Phi) is 8.01. The molecule has 3 N–H and O–H groups in total. The van der Waals surface area contributed by atoms with Crippen molar-refractivity contribution in [2.45, 2.75) is 45.6 Å². The van der Waals surface area contributed by atoms with E-state index in [1.165, 1.54) is 5.56 Å². The Labute approximate surface area is 128 Å². The Hall–Kier alpha value is -1.39. The van der Waals surface area contributed by atoms with Crippen LogP contribution in [-0.4, -0.2) is 25.7 Å². The summed E-state index contributed by atoms with van der Waals surface area (Å²) in [5.41, 5.74) is 8.45. The SMILES string of the molecule is CCOCCCC(=O)NCC(N)c1ccc(C(C)C)cc1. The topological polar surface area (TPSA) is 64.3 Å². The zero-order valence-electron chi connectivity index (χ0n) is 13.4. The van der Waals surface area contributed by atoms with E-state index in [0.717, 1.165) is 12.0 Å². The van der Waals surface area contributed by atoms with Crippen molar-refractivity contribution >= 4 is 5.91 Å². The first-order valence-corrected chi connectivity index (χ1v) is 7.74. The molecule has 0 aromatic heterocycles. The van der Waals surface area contributed by atoms with Gasteiger partial charge in [0, 0.05) is 32.2 Å². The summed E-state index contributed by atoms with van der Waals surface area (Å²) in [5, 5.41) is 2.88. The number of amides is 1. The molecule has 0 aliphatic carbocycles. The standard InChI is InChI=1S/C17H28N2O2/c1-4-21-11-5-6-17(20)19-12-16(18)15-9-7-14(8-10-15)13(2)3/h7-10,13,16H,4-6,11-12,18H2,1-3H3,(H,19,20). The van der Waals surface area contributed by atoms with E-state index in [0.29, 0.717) is 32.1 Å². The van der Waals surface area contributed by atoms with Gasteiger partial charge >= 0.3 is 0 Å². The summed E-state index contributed by atoms with van der Waals surface area (Å²) >= 11 is 0. The summed E-state index contributed by atoms with van der Waals surface area (Å²) in [5.74, 6) is 0.546. The summed E-state index contributed by atoms with van der Waals surface area (Å²) < 4.78 is 5.20. The molecule has 1 rings (SSSR count). The first-order chi connectivity index (χ1) is 10.0. The van der Waals surface area contributed by atoms with E-state index >= 15 is 0 Å². The molecule has 1 atom stereocenters. The predicted octanol–water partition coefficient (Wildman–Crippen LogP) is 2.74. The van der Waals surface area contributed by atoms with Crippen molar-refractivity contribution in [2.24, 2.45) is 5.73 Å². The molecule has 4 nitrogen and oxygen atoms in total. The quantitative estimate of drug-likeness (QED) is 0.688. The lowest BCUT2D eigenvalue weighted by atomic mass is 9.99. The second-order valence-electron chi connectivity index (χ2n) is 5.53. The van der Waals surface area contributed by atoms with Crippen molar-refractivity contribution in [1.29, 1.82) is 0 Å². The van der Waals surface area contributed by atoms with Crippen LogP contribution in [-0.2, 0) is 9.53 Å². The smallest absolute Gasteiger partial charge is 0.220 e. The molecule has 4 heteroatoms. The molecule has 0 radical (unpaired) electrons. The van der Waals surface area contributed by atoms with Crippen LogP contribution in [0.4, 0.5) is 0 Å². The van der Waals surface area contributed by atoms with Crippen molar-refractivity contribution in [2.75, 3.05) is 19.8 Å². The Morgan fingerprint density at radius 2 is 1.86 bits per heavy atom. The highest BCUT2D eigenvalue weighted by molar-refractivity contribution is 5.75. The minimum Gasteiger partial charge on any atom is -0.382 e. The monoisotopic (exact) mass is 292 g/mol. The van der Waals surface area contributed by atoms with Crippen LogP contribution in [0.2, 0.25) is 0 Å². The zero-order chi connectivity index (χ0) is 15.7. The fraction of sp³-hybridized carbons (Fsp3) is 0.588. The number of carbonyl (C=O) groups excluding carboxylic acids is 1. The first kappa shape index (κ1) is 17.7. The largest absolute Gasteiger partial charge is 0.382 e. The van der Waals surface area contributed by atoms with E-state index < -0.39 is 0 Å². The van der Waals surface area contributed by atoms with Gasteiger partial charge in [-0.15, -0.1) is 0 Å². The predicted molar refractivity (Wildman–Crippen MR) is 86.2 cm³/mol. The van der Waals surface area contributed by atoms with Crippen LogP contribution in [0.3, 0.4) is 0 Å². The van der Waals surface area contributed by atoms with Crippen LogP contribution in [0.1, 0.15) is 56.7 Å². The summed E-state index contributed by atoms with van der Waals surface area (Å²) in [7, 11) is 0. The lowest BCUT2D eigenvalue weighted by Gasteiger charge is -2.14. The number of carbonyl (C=O) groups is 1. The van der Waals surface area contributed by atoms with Crippen LogP contribution in [0.25, 0.3) is 0 Å². The minimum absolute atomic E-state index is 0.0314. The van der Waals surface area contributed by atoms with E-state index in [9.17, 15) is 4.79 Å². The number of ether oxygens (including phenoxy) is 1. The molecule has 0 aliphatic heterocycles. The minimum atomic E-state index is -0.165. The summed E-state index contributed by atoms with van der Waals surface area (Å²) in [4.78, 5) is 11.7. The zero-order valence-corrected chi connectivity index (χ0v) is 13.4. The van der Waals surface area contributed by atoms with Crippen molar-refractivity contribution in [3.63, 3.8) is 0 Å². The highest BCUT2D eigenvalue weighted by atomic mass is 16.5. The third-order valence-electron chi connectivity index (χ3n) is 3.45. The highest BCUT2D eigenvalue weighted by Gasteiger charge is 2.09. The van der Waals surface area contributed by atoms with Gasteiger partial charge in [0.15, 0.2) is 0 Å². The van der Waals surface area contributed by atoms with Gasteiger partial charge in [-0.2, -0.15) is 0 Å². The third kappa shape index (κ3) is 6.74. The fourth-order valence-corrected chi connectivity index (χ4v) is 2.04. The summed E-state index contributed by atoms with van der Waals surface area (Å²) in [6.45, 7) is 8.07. The molecule has 0 saturated carbocycles. The maximum Gasteiger partial charge on any atom is 0.220 e. The molecule has 0 bridgehead atoms. The molecule has 1 amide bonds. The van der Waals surface area contributed by atoms with Gasteiger partial charge in [0.1, 0.15) is 0 Å². The number of nitrogens with two attached hydrogens (primary N) is 1. The number of hydrogen-bond acceptors (Lipinski definition) is 3. The number of benzene rings is 1.